The Bertz CT molecular complexity index is 789. The van der Waals surface area contributed by atoms with Crippen LogP contribution in [0, 0.1) is 0 Å². The molecule has 27 heavy (non-hydrogen) atoms. The van der Waals surface area contributed by atoms with Gasteiger partial charge in [0.25, 0.3) is 5.91 Å². The Morgan fingerprint density at radius 3 is 2.56 bits per heavy atom. The Balaban J connectivity index is 1.44. The first-order chi connectivity index (χ1) is 13.1. The van der Waals surface area contributed by atoms with Crippen LogP contribution in [0.2, 0.25) is 5.02 Å². The summed E-state index contributed by atoms with van der Waals surface area (Å²) in [6, 6.07) is 10.6. The first-order valence-corrected chi connectivity index (χ1v) is 9.55. The van der Waals surface area contributed by atoms with Crippen molar-refractivity contribution < 1.29 is 9.59 Å². The van der Waals surface area contributed by atoms with Crippen molar-refractivity contribution >= 4 is 34.9 Å². The molecule has 0 spiro atoms. The van der Waals surface area contributed by atoms with E-state index in [1.165, 1.54) is 19.3 Å². The molecule has 0 unspecified atom stereocenters. The summed E-state index contributed by atoms with van der Waals surface area (Å²) >= 11 is 5.99. The second-order valence-electron chi connectivity index (χ2n) is 6.49. The molecule has 2 heterocycles. The number of nitrogens with one attached hydrogen (secondary N) is 2. The second-order valence-corrected chi connectivity index (χ2v) is 6.89. The highest BCUT2D eigenvalue weighted by atomic mass is 35.5. The fourth-order valence-corrected chi connectivity index (χ4v) is 3.25. The van der Waals surface area contributed by atoms with Gasteiger partial charge in [-0.2, -0.15) is 0 Å². The molecule has 7 heteroatoms. The zero-order valence-corrected chi connectivity index (χ0v) is 15.8. The largest absolute Gasteiger partial charge is 0.357 e. The molecule has 3 rings (SSSR count). The maximum Gasteiger partial charge on any atom is 0.252 e. The van der Waals surface area contributed by atoms with Gasteiger partial charge in [0.05, 0.1) is 22.5 Å². The molecule has 0 bridgehead atoms. The summed E-state index contributed by atoms with van der Waals surface area (Å²) in [6.07, 6.45) is 5.51. The summed E-state index contributed by atoms with van der Waals surface area (Å²) in [4.78, 5) is 30.8. The molecule has 142 valence electrons. The predicted octanol–water partition coefficient (Wildman–Crippen LogP) is 3.48. The highest BCUT2D eigenvalue weighted by Gasteiger charge is 2.13. The molecule has 0 aliphatic carbocycles. The molecule has 1 aliphatic heterocycles. The minimum Gasteiger partial charge on any atom is -0.357 e. The highest BCUT2D eigenvalue weighted by molar-refractivity contribution is 6.33. The summed E-state index contributed by atoms with van der Waals surface area (Å²) in [7, 11) is 0. The molecule has 2 N–H and O–H groups in total. The minimum atomic E-state index is -0.291. The fourth-order valence-electron chi connectivity index (χ4n) is 3.02. The standard InChI is InChI=1S/C20H23ClN4O2/c21-17-7-3-2-6-16(17)20(27)22-11-10-19(26)24-15-8-9-18(23-14-15)25-12-4-1-5-13-25/h2-3,6-9,14H,1,4-5,10-13H2,(H,22,27)(H,24,26). The molecular weight excluding hydrogens is 364 g/mol. The van der Waals surface area contributed by atoms with E-state index >= 15 is 0 Å². The van der Waals surface area contributed by atoms with Crippen LogP contribution in [0.3, 0.4) is 0 Å². The minimum absolute atomic E-state index is 0.171. The van der Waals surface area contributed by atoms with Gasteiger partial charge in [-0.15, -0.1) is 0 Å². The molecule has 1 aromatic carbocycles. The van der Waals surface area contributed by atoms with Crippen molar-refractivity contribution in [3.05, 3.63) is 53.2 Å². The molecule has 0 atom stereocenters. The number of benzene rings is 1. The van der Waals surface area contributed by atoms with Crippen LogP contribution in [0.15, 0.2) is 42.6 Å². The van der Waals surface area contributed by atoms with E-state index in [2.05, 4.69) is 20.5 Å². The molecule has 2 amide bonds. The van der Waals surface area contributed by atoms with Gasteiger partial charge in [-0.3, -0.25) is 9.59 Å². The van der Waals surface area contributed by atoms with Gasteiger partial charge in [0.1, 0.15) is 5.82 Å². The van der Waals surface area contributed by atoms with Crippen LogP contribution in [0.4, 0.5) is 11.5 Å². The number of carbonyl (C=O) groups excluding carboxylic acids is 2. The number of rotatable bonds is 6. The molecule has 1 saturated heterocycles. The third-order valence-corrected chi connectivity index (χ3v) is 4.80. The average molecular weight is 387 g/mol. The topological polar surface area (TPSA) is 74.3 Å². The SMILES string of the molecule is O=C(CCNC(=O)c1ccccc1Cl)Nc1ccc(N2CCCCC2)nc1. The Hall–Kier alpha value is -2.60. The van der Waals surface area contributed by atoms with Crippen molar-refractivity contribution in [2.45, 2.75) is 25.7 Å². The number of hydrogen-bond donors (Lipinski definition) is 2. The number of piperidine rings is 1. The summed E-state index contributed by atoms with van der Waals surface area (Å²) < 4.78 is 0. The van der Waals surface area contributed by atoms with Crippen molar-refractivity contribution in [1.29, 1.82) is 0 Å². The van der Waals surface area contributed by atoms with Gasteiger partial charge in [-0.1, -0.05) is 23.7 Å². The molecule has 1 aliphatic rings. The van der Waals surface area contributed by atoms with Gasteiger partial charge in [0, 0.05) is 26.1 Å². The van der Waals surface area contributed by atoms with Crippen LogP contribution in [-0.2, 0) is 4.79 Å². The predicted molar refractivity (Wildman–Crippen MR) is 107 cm³/mol. The van der Waals surface area contributed by atoms with E-state index in [4.69, 9.17) is 11.6 Å². The van der Waals surface area contributed by atoms with Gasteiger partial charge in [0.15, 0.2) is 0 Å². The van der Waals surface area contributed by atoms with Gasteiger partial charge in [-0.05, 0) is 43.5 Å². The van der Waals surface area contributed by atoms with E-state index in [9.17, 15) is 9.59 Å². The van der Waals surface area contributed by atoms with E-state index in [0.717, 1.165) is 18.9 Å². The van der Waals surface area contributed by atoms with Crippen molar-refractivity contribution in [3.8, 4) is 0 Å². The van der Waals surface area contributed by atoms with Gasteiger partial charge >= 0.3 is 0 Å². The maximum absolute atomic E-state index is 12.1. The van der Waals surface area contributed by atoms with Crippen molar-refractivity contribution in [1.82, 2.24) is 10.3 Å². The van der Waals surface area contributed by atoms with Crippen molar-refractivity contribution in [2.75, 3.05) is 29.9 Å². The summed E-state index contributed by atoms with van der Waals surface area (Å²) in [6.45, 7) is 2.29. The first-order valence-electron chi connectivity index (χ1n) is 9.17. The lowest BCUT2D eigenvalue weighted by Crippen LogP contribution is -2.30. The fraction of sp³-hybridized carbons (Fsp3) is 0.350. The second kappa shape index (κ2) is 9.37. The monoisotopic (exact) mass is 386 g/mol. The van der Waals surface area contributed by atoms with Crippen LogP contribution in [0.5, 0.6) is 0 Å². The average Bonchev–Trinajstić information content (AvgIpc) is 2.69. The molecule has 0 saturated carbocycles. The van der Waals surface area contributed by atoms with E-state index in [1.807, 2.05) is 12.1 Å². The lowest BCUT2D eigenvalue weighted by molar-refractivity contribution is -0.116. The van der Waals surface area contributed by atoms with Crippen LogP contribution >= 0.6 is 11.6 Å². The van der Waals surface area contributed by atoms with Crippen LogP contribution in [0.25, 0.3) is 0 Å². The summed E-state index contributed by atoms with van der Waals surface area (Å²) in [5.74, 6) is 0.475. The molecular formula is C20H23ClN4O2. The quantitative estimate of drug-likeness (QED) is 0.797. The van der Waals surface area contributed by atoms with E-state index in [-0.39, 0.29) is 24.8 Å². The molecule has 1 fully saturated rings. The number of aromatic nitrogens is 1. The highest BCUT2D eigenvalue weighted by Crippen LogP contribution is 2.19. The van der Waals surface area contributed by atoms with Crippen LogP contribution < -0.4 is 15.5 Å². The number of carbonyl (C=O) groups is 2. The first kappa shape index (κ1) is 19.2. The molecule has 0 radical (unpaired) electrons. The Kier molecular flexibility index (Phi) is 6.65. The van der Waals surface area contributed by atoms with Crippen LogP contribution in [0.1, 0.15) is 36.0 Å². The number of pyridine rings is 1. The van der Waals surface area contributed by atoms with Crippen molar-refractivity contribution in [3.63, 3.8) is 0 Å². The van der Waals surface area contributed by atoms with E-state index < -0.39 is 0 Å². The third kappa shape index (κ3) is 5.44. The third-order valence-electron chi connectivity index (χ3n) is 4.47. The number of amides is 2. The van der Waals surface area contributed by atoms with Gasteiger partial charge < -0.3 is 15.5 Å². The Morgan fingerprint density at radius 1 is 1.07 bits per heavy atom. The maximum atomic E-state index is 12.1. The molecule has 2 aromatic rings. The van der Waals surface area contributed by atoms with E-state index in [1.54, 1.807) is 30.5 Å². The molecule has 1 aromatic heterocycles. The van der Waals surface area contributed by atoms with Crippen molar-refractivity contribution in [2.24, 2.45) is 0 Å². The van der Waals surface area contributed by atoms with Gasteiger partial charge in [-0.25, -0.2) is 4.98 Å². The number of hydrogen-bond acceptors (Lipinski definition) is 4. The van der Waals surface area contributed by atoms with Crippen LogP contribution in [-0.4, -0.2) is 36.4 Å². The van der Waals surface area contributed by atoms with Gasteiger partial charge in [0.2, 0.25) is 5.91 Å². The summed E-state index contributed by atoms with van der Waals surface area (Å²) in [5.41, 5.74) is 1.05. The number of halogens is 1. The Labute approximate surface area is 163 Å². The van der Waals surface area contributed by atoms with E-state index in [0.29, 0.717) is 16.3 Å². The lowest BCUT2D eigenvalue weighted by atomic mass is 10.1. The number of nitrogens with zero attached hydrogens (tertiary/aromatic N) is 2. The number of anilines is 2. The Morgan fingerprint density at radius 2 is 1.85 bits per heavy atom. The zero-order valence-electron chi connectivity index (χ0n) is 15.1. The zero-order chi connectivity index (χ0) is 19.1. The smallest absolute Gasteiger partial charge is 0.252 e. The molecule has 6 nitrogen and oxygen atoms in total. The lowest BCUT2D eigenvalue weighted by Gasteiger charge is -2.27. The summed E-state index contributed by atoms with van der Waals surface area (Å²) in [5, 5.41) is 5.89. The normalized spacial score (nSPS) is 13.9.